The fraction of sp³-hybridized carbons (Fsp3) is 0.286. The van der Waals surface area contributed by atoms with Crippen molar-refractivity contribution >= 4 is 45.0 Å². The number of carbonyl (C=O) groups excluding carboxylic acids is 3. The summed E-state index contributed by atoms with van der Waals surface area (Å²) in [6, 6.07) is 12.1. The van der Waals surface area contributed by atoms with Gasteiger partial charge in [0.25, 0.3) is 11.8 Å². The molecule has 0 saturated heterocycles. The van der Waals surface area contributed by atoms with E-state index in [4.69, 9.17) is 4.74 Å². The van der Waals surface area contributed by atoms with Crippen molar-refractivity contribution in [1.29, 1.82) is 0 Å². The van der Waals surface area contributed by atoms with Gasteiger partial charge in [-0.25, -0.2) is 0 Å². The third-order valence-electron chi connectivity index (χ3n) is 4.61. The van der Waals surface area contributed by atoms with E-state index in [2.05, 4.69) is 21.2 Å². The smallest absolute Gasteiger partial charge is 0.265 e. The minimum Gasteiger partial charge on any atom is -0.482 e. The van der Waals surface area contributed by atoms with Gasteiger partial charge < -0.3 is 15.0 Å². The summed E-state index contributed by atoms with van der Waals surface area (Å²) >= 11 is 3.37. The summed E-state index contributed by atoms with van der Waals surface area (Å²) in [5.74, 6) is -0.199. The molecule has 0 spiro atoms. The topological polar surface area (TPSA) is 79.0 Å². The number of nitrogens with one attached hydrogen (secondary N) is 1. The van der Waals surface area contributed by atoms with Crippen molar-refractivity contribution in [1.82, 2.24) is 4.90 Å². The van der Waals surface area contributed by atoms with Crippen molar-refractivity contribution in [3.05, 3.63) is 52.5 Å². The van der Waals surface area contributed by atoms with Crippen molar-refractivity contribution in [2.75, 3.05) is 36.5 Å². The van der Waals surface area contributed by atoms with E-state index in [-0.39, 0.29) is 30.9 Å². The van der Waals surface area contributed by atoms with Crippen LogP contribution in [-0.4, -0.2) is 48.9 Å². The number of hydrogen-bond donors (Lipinski definition) is 1. The van der Waals surface area contributed by atoms with Crippen LogP contribution in [0.2, 0.25) is 0 Å². The lowest BCUT2D eigenvalue weighted by Crippen LogP contribution is -2.43. The fourth-order valence-corrected chi connectivity index (χ4v) is 3.46. The van der Waals surface area contributed by atoms with E-state index in [1.54, 1.807) is 47.4 Å². The maximum atomic E-state index is 12.6. The lowest BCUT2D eigenvalue weighted by molar-refractivity contribution is -0.123. The summed E-state index contributed by atoms with van der Waals surface area (Å²) in [6.07, 6.45) is 0. The largest absolute Gasteiger partial charge is 0.482 e. The number of amides is 3. The van der Waals surface area contributed by atoms with Crippen LogP contribution in [0.15, 0.2) is 46.9 Å². The number of halogens is 1. The summed E-state index contributed by atoms with van der Waals surface area (Å²) in [5, 5.41) is 2.77. The molecule has 0 saturated carbocycles. The van der Waals surface area contributed by atoms with Gasteiger partial charge in [-0.3, -0.25) is 19.3 Å². The van der Waals surface area contributed by atoms with Crippen LogP contribution in [0.3, 0.4) is 0 Å². The zero-order valence-electron chi connectivity index (χ0n) is 16.3. The van der Waals surface area contributed by atoms with Crippen LogP contribution >= 0.6 is 15.9 Å². The first-order valence-corrected chi connectivity index (χ1v) is 10.1. The summed E-state index contributed by atoms with van der Waals surface area (Å²) in [5.41, 5.74) is 1.55. The molecular weight excluding hydrogens is 438 g/mol. The molecule has 1 aliphatic heterocycles. The molecule has 8 heteroatoms. The lowest BCUT2D eigenvalue weighted by atomic mass is 10.1. The second kappa shape index (κ2) is 9.09. The zero-order valence-corrected chi connectivity index (χ0v) is 17.9. The third-order valence-corrected chi connectivity index (χ3v) is 5.10. The number of rotatable bonds is 6. The maximum absolute atomic E-state index is 12.6. The van der Waals surface area contributed by atoms with Gasteiger partial charge in [-0.05, 0) is 50.2 Å². The first kappa shape index (κ1) is 20.9. The Bertz CT molecular complexity index is 943. The van der Waals surface area contributed by atoms with Crippen LogP contribution < -0.4 is 15.0 Å². The van der Waals surface area contributed by atoms with Gasteiger partial charge in [-0.15, -0.1) is 0 Å². The van der Waals surface area contributed by atoms with Gasteiger partial charge in [-0.2, -0.15) is 0 Å². The van der Waals surface area contributed by atoms with Crippen LogP contribution in [0.5, 0.6) is 5.75 Å². The standard InChI is InChI=1S/C21H22BrN3O4/c1-3-24(4-2)21(28)14-6-5-7-16(10-14)23-19(26)12-25-17-9-8-15(22)11-18(17)29-13-20(25)27/h5-11H,3-4,12-13H2,1-2H3,(H,23,26). The van der Waals surface area contributed by atoms with Gasteiger partial charge in [0.2, 0.25) is 5.91 Å². The van der Waals surface area contributed by atoms with E-state index >= 15 is 0 Å². The molecule has 0 fully saturated rings. The first-order chi connectivity index (χ1) is 13.9. The molecule has 0 radical (unpaired) electrons. The molecule has 0 bridgehead atoms. The SMILES string of the molecule is CCN(CC)C(=O)c1cccc(NC(=O)CN2C(=O)COc3cc(Br)ccc32)c1. The number of anilines is 2. The Morgan fingerprint density at radius 3 is 2.66 bits per heavy atom. The lowest BCUT2D eigenvalue weighted by Gasteiger charge is -2.29. The molecule has 2 aromatic carbocycles. The molecule has 29 heavy (non-hydrogen) atoms. The normalized spacial score (nSPS) is 12.8. The van der Waals surface area contributed by atoms with E-state index in [0.29, 0.717) is 35.8 Å². The molecule has 152 valence electrons. The minimum atomic E-state index is -0.360. The number of benzene rings is 2. The highest BCUT2D eigenvalue weighted by Gasteiger charge is 2.27. The molecule has 3 rings (SSSR count). The van der Waals surface area contributed by atoms with Crippen molar-refractivity contribution in [2.24, 2.45) is 0 Å². The molecule has 0 unspecified atom stereocenters. The van der Waals surface area contributed by atoms with E-state index < -0.39 is 0 Å². The van der Waals surface area contributed by atoms with Crippen LogP contribution in [0.1, 0.15) is 24.2 Å². The number of carbonyl (C=O) groups is 3. The van der Waals surface area contributed by atoms with Gasteiger partial charge >= 0.3 is 0 Å². The van der Waals surface area contributed by atoms with E-state index in [1.807, 2.05) is 13.8 Å². The minimum absolute atomic E-state index is 0.0889. The number of fused-ring (bicyclic) bond motifs is 1. The summed E-state index contributed by atoms with van der Waals surface area (Å²) < 4.78 is 6.26. The highest BCUT2D eigenvalue weighted by molar-refractivity contribution is 9.10. The second-order valence-electron chi connectivity index (χ2n) is 6.49. The maximum Gasteiger partial charge on any atom is 0.265 e. The molecule has 3 amide bonds. The number of hydrogen-bond acceptors (Lipinski definition) is 4. The molecule has 1 heterocycles. The van der Waals surface area contributed by atoms with Crippen molar-refractivity contribution in [3.63, 3.8) is 0 Å². The molecule has 0 aromatic heterocycles. The molecular formula is C21H22BrN3O4. The number of ether oxygens (including phenoxy) is 1. The molecule has 1 N–H and O–H groups in total. The van der Waals surface area contributed by atoms with Gasteiger partial charge in [0.15, 0.2) is 6.61 Å². The Hall–Kier alpha value is -2.87. The molecule has 1 aliphatic rings. The monoisotopic (exact) mass is 459 g/mol. The Labute approximate surface area is 177 Å². The number of nitrogens with zero attached hydrogens (tertiary/aromatic N) is 2. The van der Waals surface area contributed by atoms with Crippen LogP contribution in [-0.2, 0) is 9.59 Å². The van der Waals surface area contributed by atoms with Gasteiger partial charge in [-0.1, -0.05) is 22.0 Å². The summed E-state index contributed by atoms with van der Waals surface area (Å²) in [6.45, 7) is 4.79. The summed E-state index contributed by atoms with van der Waals surface area (Å²) in [7, 11) is 0. The van der Waals surface area contributed by atoms with Crippen LogP contribution in [0.25, 0.3) is 0 Å². The Balaban J connectivity index is 1.73. The third kappa shape index (κ3) is 4.76. The summed E-state index contributed by atoms with van der Waals surface area (Å²) in [4.78, 5) is 40.5. The van der Waals surface area contributed by atoms with Gasteiger partial charge in [0.1, 0.15) is 12.3 Å². The highest BCUT2D eigenvalue weighted by atomic mass is 79.9. The predicted molar refractivity (Wildman–Crippen MR) is 114 cm³/mol. The van der Waals surface area contributed by atoms with Crippen LogP contribution in [0.4, 0.5) is 11.4 Å². The average molecular weight is 460 g/mol. The molecule has 7 nitrogen and oxygen atoms in total. The van der Waals surface area contributed by atoms with Crippen LogP contribution in [0, 0.1) is 0 Å². The highest BCUT2D eigenvalue weighted by Crippen LogP contribution is 2.34. The molecule has 0 aliphatic carbocycles. The van der Waals surface area contributed by atoms with Gasteiger partial charge in [0.05, 0.1) is 5.69 Å². The average Bonchev–Trinajstić information content (AvgIpc) is 2.71. The Morgan fingerprint density at radius 1 is 1.17 bits per heavy atom. The molecule has 2 aromatic rings. The van der Waals surface area contributed by atoms with Crippen molar-refractivity contribution < 1.29 is 19.1 Å². The van der Waals surface area contributed by atoms with Crippen molar-refractivity contribution in [2.45, 2.75) is 13.8 Å². The van der Waals surface area contributed by atoms with E-state index in [9.17, 15) is 14.4 Å². The van der Waals surface area contributed by atoms with E-state index in [1.165, 1.54) is 4.90 Å². The fourth-order valence-electron chi connectivity index (χ4n) is 3.12. The quantitative estimate of drug-likeness (QED) is 0.718. The Kier molecular flexibility index (Phi) is 6.53. The first-order valence-electron chi connectivity index (χ1n) is 9.34. The van der Waals surface area contributed by atoms with Gasteiger partial charge in [0, 0.05) is 28.8 Å². The zero-order chi connectivity index (χ0) is 21.0. The second-order valence-corrected chi connectivity index (χ2v) is 7.40. The van der Waals surface area contributed by atoms with Crippen molar-refractivity contribution in [3.8, 4) is 5.75 Å². The molecule has 0 atom stereocenters. The van der Waals surface area contributed by atoms with E-state index in [0.717, 1.165) is 4.47 Å². The predicted octanol–water partition coefficient (Wildman–Crippen LogP) is 3.30. The Morgan fingerprint density at radius 2 is 1.93 bits per heavy atom.